The van der Waals surface area contributed by atoms with Crippen molar-refractivity contribution in [3.63, 3.8) is 0 Å². The number of hydrazone groups is 1. The number of hydrogen-bond acceptors (Lipinski definition) is 3. The van der Waals surface area contributed by atoms with E-state index >= 15 is 0 Å². The van der Waals surface area contributed by atoms with E-state index in [0.717, 1.165) is 41.0 Å². The van der Waals surface area contributed by atoms with Crippen LogP contribution in [0.4, 0.5) is 0 Å². The maximum Gasteiger partial charge on any atom is 0.271 e. The molecule has 4 heteroatoms. The molecule has 0 saturated heterocycles. The molecule has 0 aromatic heterocycles. The van der Waals surface area contributed by atoms with Crippen molar-refractivity contribution in [2.75, 3.05) is 0 Å². The largest absolute Gasteiger partial charge is 0.488 e. The minimum Gasteiger partial charge on any atom is -0.488 e. The molecule has 0 atom stereocenters. The van der Waals surface area contributed by atoms with Crippen molar-refractivity contribution in [1.29, 1.82) is 0 Å². The van der Waals surface area contributed by atoms with Gasteiger partial charge in [0.1, 0.15) is 12.4 Å². The molecule has 3 rings (SSSR count). The number of nitrogens with zero attached hydrogens (tertiary/aromatic N) is 1. The summed E-state index contributed by atoms with van der Waals surface area (Å²) >= 11 is 0. The number of amides is 1. The van der Waals surface area contributed by atoms with Crippen LogP contribution in [0.15, 0.2) is 84.0 Å². The highest BCUT2D eigenvalue weighted by Gasteiger charge is 2.08. The van der Waals surface area contributed by atoms with Crippen LogP contribution in [0.25, 0.3) is 11.1 Å². The minimum absolute atomic E-state index is 0.203. The molecule has 160 valence electrons. The van der Waals surface area contributed by atoms with Gasteiger partial charge in [-0.1, -0.05) is 74.5 Å². The Labute approximate surface area is 185 Å². The van der Waals surface area contributed by atoms with Crippen LogP contribution >= 0.6 is 0 Å². The van der Waals surface area contributed by atoms with Crippen LogP contribution in [-0.4, -0.2) is 11.6 Å². The van der Waals surface area contributed by atoms with Crippen LogP contribution in [0.1, 0.15) is 49.5 Å². The predicted octanol–water partition coefficient (Wildman–Crippen LogP) is 6.47. The summed E-state index contributed by atoms with van der Waals surface area (Å²) in [6, 6.07) is 25.6. The normalized spacial score (nSPS) is 11.4. The standard InChI is InChI=1S/C27H30N2O2/c1-20(2)13-14-21(3)28-29-27(30)24-17-15-22(16-18-24)19-31-26-12-8-7-11-25(26)23-9-5-4-6-10-23/h4-12,15-18,20H,13-14,19H2,1-3H3,(H,29,30)/b28-21-. The Hall–Kier alpha value is -3.40. The van der Waals surface area contributed by atoms with Gasteiger partial charge in [-0.25, -0.2) is 5.43 Å². The SMILES string of the molecule is C/C(CCC(C)C)=N/NC(=O)c1ccc(COc2ccccc2-c2ccccc2)cc1. The van der Waals surface area contributed by atoms with E-state index in [2.05, 4.69) is 42.6 Å². The average Bonchev–Trinajstić information content (AvgIpc) is 2.81. The number of benzene rings is 3. The number of carbonyl (C=O) groups is 1. The Morgan fingerprint density at radius 1 is 0.935 bits per heavy atom. The number of nitrogens with one attached hydrogen (secondary N) is 1. The Bertz CT molecular complexity index is 1010. The van der Waals surface area contributed by atoms with Gasteiger partial charge in [0.2, 0.25) is 0 Å². The van der Waals surface area contributed by atoms with E-state index < -0.39 is 0 Å². The molecule has 0 aliphatic carbocycles. The van der Waals surface area contributed by atoms with Gasteiger partial charge in [-0.3, -0.25) is 4.79 Å². The van der Waals surface area contributed by atoms with Crippen molar-refractivity contribution in [3.8, 4) is 16.9 Å². The molecule has 3 aromatic rings. The first-order valence-electron chi connectivity index (χ1n) is 10.7. The maximum absolute atomic E-state index is 12.3. The zero-order chi connectivity index (χ0) is 22.1. The van der Waals surface area contributed by atoms with E-state index in [-0.39, 0.29) is 5.91 Å². The summed E-state index contributed by atoms with van der Waals surface area (Å²) in [5.41, 5.74) is 7.33. The van der Waals surface area contributed by atoms with E-state index in [1.165, 1.54) is 0 Å². The van der Waals surface area contributed by atoms with E-state index in [9.17, 15) is 4.79 Å². The van der Waals surface area contributed by atoms with E-state index in [1.54, 1.807) is 12.1 Å². The summed E-state index contributed by atoms with van der Waals surface area (Å²) < 4.78 is 6.08. The fourth-order valence-electron chi connectivity index (χ4n) is 3.13. The molecule has 31 heavy (non-hydrogen) atoms. The van der Waals surface area contributed by atoms with Crippen molar-refractivity contribution in [2.45, 2.75) is 40.2 Å². The minimum atomic E-state index is -0.203. The van der Waals surface area contributed by atoms with Gasteiger partial charge in [-0.05, 0) is 55.0 Å². The second-order valence-corrected chi connectivity index (χ2v) is 8.07. The second kappa shape index (κ2) is 11.1. The molecular weight excluding hydrogens is 384 g/mol. The number of hydrogen-bond donors (Lipinski definition) is 1. The van der Waals surface area contributed by atoms with Gasteiger partial charge in [0.25, 0.3) is 5.91 Å². The number of ether oxygens (including phenoxy) is 1. The van der Waals surface area contributed by atoms with Crippen LogP contribution < -0.4 is 10.2 Å². The smallest absolute Gasteiger partial charge is 0.271 e. The highest BCUT2D eigenvalue weighted by Crippen LogP contribution is 2.30. The van der Waals surface area contributed by atoms with Crippen LogP contribution in [0, 0.1) is 5.92 Å². The molecule has 0 aliphatic rings. The highest BCUT2D eigenvalue weighted by molar-refractivity contribution is 5.95. The summed E-state index contributed by atoms with van der Waals surface area (Å²) in [6.45, 7) is 6.73. The van der Waals surface area contributed by atoms with Crippen molar-refractivity contribution in [2.24, 2.45) is 11.0 Å². The van der Waals surface area contributed by atoms with Crippen LogP contribution in [0.5, 0.6) is 5.75 Å². The fraction of sp³-hybridized carbons (Fsp3) is 0.259. The summed E-state index contributed by atoms with van der Waals surface area (Å²) in [7, 11) is 0. The topological polar surface area (TPSA) is 50.7 Å². The molecule has 4 nitrogen and oxygen atoms in total. The van der Waals surface area contributed by atoms with Gasteiger partial charge < -0.3 is 4.74 Å². The third-order valence-electron chi connectivity index (χ3n) is 5.01. The Morgan fingerprint density at radius 3 is 2.32 bits per heavy atom. The van der Waals surface area contributed by atoms with Gasteiger partial charge in [-0.2, -0.15) is 5.10 Å². The molecule has 0 bridgehead atoms. The van der Waals surface area contributed by atoms with E-state index in [1.807, 2.05) is 55.5 Å². The van der Waals surface area contributed by atoms with Crippen molar-refractivity contribution in [3.05, 3.63) is 90.0 Å². The second-order valence-electron chi connectivity index (χ2n) is 8.07. The molecule has 0 unspecified atom stereocenters. The molecule has 0 spiro atoms. The van der Waals surface area contributed by atoms with Gasteiger partial charge in [0.05, 0.1) is 0 Å². The van der Waals surface area contributed by atoms with Crippen LogP contribution in [-0.2, 0) is 6.61 Å². The zero-order valence-corrected chi connectivity index (χ0v) is 18.5. The first kappa shape index (κ1) is 22.3. The zero-order valence-electron chi connectivity index (χ0n) is 18.5. The molecule has 1 N–H and O–H groups in total. The summed E-state index contributed by atoms with van der Waals surface area (Å²) in [6.07, 6.45) is 1.95. The molecule has 0 aliphatic heterocycles. The first-order valence-corrected chi connectivity index (χ1v) is 10.7. The maximum atomic E-state index is 12.3. The predicted molar refractivity (Wildman–Crippen MR) is 127 cm³/mol. The number of rotatable bonds is 9. The monoisotopic (exact) mass is 414 g/mol. The molecule has 1 amide bonds. The van der Waals surface area contributed by atoms with Crippen molar-refractivity contribution < 1.29 is 9.53 Å². The Morgan fingerprint density at radius 2 is 1.61 bits per heavy atom. The number of carbonyl (C=O) groups excluding carboxylic acids is 1. The van der Waals surface area contributed by atoms with Crippen molar-refractivity contribution >= 4 is 11.6 Å². The molecule has 3 aromatic carbocycles. The first-order chi connectivity index (χ1) is 15.0. The number of para-hydroxylation sites is 1. The lowest BCUT2D eigenvalue weighted by atomic mass is 10.0. The highest BCUT2D eigenvalue weighted by atomic mass is 16.5. The van der Waals surface area contributed by atoms with Gasteiger partial charge >= 0.3 is 0 Å². The lowest BCUT2D eigenvalue weighted by Gasteiger charge is -2.12. The molecular formula is C27H30N2O2. The van der Waals surface area contributed by atoms with E-state index in [4.69, 9.17) is 4.74 Å². The van der Waals surface area contributed by atoms with Gasteiger partial charge in [-0.15, -0.1) is 0 Å². The third-order valence-corrected chi connectivity index (χ3v) is 5.01. The lowest BCUT2D eigenvalue weighted by Crippen LogP contribution is -2.19. The third kappa shape index (κ3) is 6.82. The van der Waals surface area contributed by atoms with Gasteiger partial charge in [0.15, 0.2) is 0 Å². The molecule has 0 fully saturated rings. The molecule has 0 radical (unpaired) electrons. The Kier molecular flexibility index (Phi) is 7.99. The summed E-state index contributed by atoms with van der Waals surface area (Å²) in [5.74, 6) is 1.25. The summed E-state index contributed by atoms with van der Waals surface area (Å²) in [5, 5.41) is 4.20. The quantitative estimate of drug-likeness (QED) is 0.322. The van der Waals surface area contributed by atoms with Gasteiger partial charge in [0, 0.05) is 16.8 Å². The van der Waals surface area contributed by atoms with E-state index in [0.29, 0.717) is 18.1 Å². The average molecular weight is 415 g/mol. The van der Waals surface area contributed by atoms with Crippen LogP contribution in [0.3, 0.4) is 0 Å². The molecule has 0 heterocycles. The van der Waals surface area contributed by atoms with Crippen LogP contribution in [0.2, 0.25) is 0 Å². The summed E-state index contributed by atoms with van der Waals surface area (Å²) in [4.78, 5) is 12.3. The lowest BCUT2D eigenvalue weighted by molar-refractivity contribution is 0.0954. The van der Waals surface area contributed by atoms with Crippen molar-refractivity contribution in [1.82, 2.24) is 5.43 Å². The fourth-order valence-corrected chi connectivity index (χ4v) is 3.13. The molecule has 0 saturated carbocycles. The Balaban J connectivity index is 1.58.